The summed E-state index contributed by atoms with van der Waals surface area (Å²) in [5.74, 6) is 1.65. The third-order valence-corrected chi connectivity index (χ3v) is 3.94. The monoisotopic (exact) mass is 246 g/mol. The van der Waals surface area contributed by atoms with Gasteiger partial charge in [-0.3, -0.25) is 5.41 Å². The zero-order chi connectivity index (χ0) is 13.1. The molecule has 1 heterocycles. The lowest BCUT2D eigenvalue weighted by atomic mass is 9.85. The summed E-state index contributed by atoms with van der Waals surface area (Å²) in [6, 6.07) is 6.24. The molecule has 98 valence electrons. The molecule has 1 aliphatic carbocycles. The molecule has 4 nitrogen and oxygen atoms in total. The highest BCUT2D eigenvalue weighted by Crippen LogP contribution is 2.29. The molecule has 4 heteroatoms. The molecule has 1 fully saturated rings. The second kappa shape index (κ2) is 5.38. The van der Waals surface area contributed by atoms with Gasteiger partial charge in [0.25, 0.3) is 0 Å². The smallest absolute Gasteiger partial charge is 0.141 e. The number of anilines is 1. The minimum Gasteiger partial charge on any atom is -0.382 e. The van der Waals surface area contributed by atoms with Crippen molar-refractivity contribution in [3.8, 4) is 0 Å². The lowest BCUT2D eigenvalue weighted by Crippen LogP contribution is -2.39. The molecule has 18 heavy (non-hydrogen) atoms. The Morgan fingerprint density at radius 2 is 2.11 bits per heavy atom. The van der Waals surface area contributed by atoms with Crippen LogP contribution < -0.4 is 10.6 Å². The van der Waals surface area contributed by atoms with Crippen LogP contribution in [0.2, 0.25) is 0 Å². The molecule has 2 rings (SSSR count). The first-order valence-corrected chi connectivity index (χ1v) is 6.64. The van der Waals surface area contributed by atoms with Gasteiger partial charge in [-0.05, 0) is 30.9 Å². The van der Waals surface area contributed by atoms with Crippen LogP contribution in [0, 0.1) is 11.3 Å². The summed E-state index contributed by atoms with van der Waals surface area (Å²) < 4.78 is 0. The van der Waals surface area contributed by atoms with Crippen molar-refractivity contribution in [1.29, 1.82) is 5.41 Å². The van der Waals surface area contributed by atoms with Gasteiger partial charge in [0.2, 0.25) is 0 Å². The van der Waals surface area contributed by atoms with E-state index in [1.54, 1.807) is 6.07 Å². The fourth-order valence-electron chi connectivity index (χ4n) is 2.81. The first-order chi connectivity index (χ1) is 8.59. The summed E-state index contributed by atoms with van der Waals surface area (Å²) in [5.41, 5.74) is 6.05. The predicted octanol–water partition coefficient (Wildman–Crippen LogP) is 2.38. The molecular weight excluding hydrogens is 224 g/mol. The van der Waals surface area contributed by atoms with E-state index in [-0.39, 0.29) is 5.84 Å². The largest absolute Gasteiger partial charge is 0.382 e. The van der Waals surface area contributed by atoms with Crippen molar-refractivity contribution in [2.45, 2.75) is 38.6 Å². The second-order valence-corrected chi connectivity index (χ2v) is 5.23. The molecular formula is C14H22N4. The van der Waals surface area contributed by atoms with Crippen molar-refractivity contribution in [1.82, 2.24) is 4.98 Å². The molecule has 1 aliphatic rings. The highest BCUT2D eigenvalue weighted by molar-refractivity contribution is 5.93. The summed E-state index contributed by atoms with van der Waals surface area (Å²) in [6.07, 6.45) is 5.16. The number of rotatable bonds is 3. The Morgan fingerprint density at radius 3 is 2.78 bits per heavy atom. The first-order valence-electron chi connectivity index (χ1n) is 6.64. The molecule has 0 spiro atoms. The van der Waals surface area contributed by atoms with Crippen LogP contribution in [0.3, 0.4) is 0 Å². The van der Waals surface area contributed by atoms with E-state index in [1.165, 1.54) is 25.7 Å². The van der Waals surface area contributed by atoms with Gasteiger partial charge in [0, 0.05) is 13.1 Å². The van der Waals surface area contributed by atoms with Gasteiger partial charge < -0.3 is 10.6 Å². The zero-order valence-electron chi connectivity index (χ0n) is 11.2. The molecule has 1 aromatic heterocycles. The fraction of sp³-hybridized carbons (Fsp3) is 0.571. The molecule has 0 bridgehead atoms. The third kappa shape index (κ3) is 2.63. The molecule has 2 unspecified atom stereocenters. The first kappa shape index (κ1) is 12.9. The Balaban J connectivity index is 2.19. The SMILES string of the molecule is CC1CCCCC1N(C)c1cccc(C(=N)N)n1. The van der Waals surface area contributed by atoms with Crippen LogP contribution in [0.4, 0.5) is 5.82 Å². The Kier molecular flexibility index (Phi) is 3.84. The number of nitrogens with two attached hydrogens (primary N) is 1. The average molecular weight is 246 g/mol. The zero-order valence-corrected chi connectivity index (χ0v) is 11.2. The highest BCUT2D eigenvalue weighted by Gasteiger charge is 2.25. The van der Waals surface area contributed by atoms with Gasteiger partial charge in [0.05, 0.1) is 0 Å². The maximum atomic E-state index is 7.45. The number of nitrogens with zero attached hydrogens (tertiary/aromatic N) is 2. The molecule has 0 radical (unpaired) electrons. The molecule has 1 aromatic rings. The van der Waals surface area contributed by atoms with Crippen molar-refractivity contribution in [3.63, 3.8) is 0 Å². The number of nitrogens with one attached hydrogen (secondary N) is 1. The minimum absolute atomic E-state index is 0.0296. The van der Waals surface area contributed by atoms with Gasteiger partial charge in [0.1, 0.15) is 17.3 Å². The van der Waals surface area contributed by atoms with Crippen LogP contribution in [0.25, 0.3) is 0 Å². The number of amidine groups is 1. The highest BCUT2D eigenvalue weighted by atomic mass is 15.2. The van der Waals surface area contributed by atoms with E-state index in [0.29, 0.717) is 17.7 Å². The Morgan fingerprint density at radius 1 is 1.39 bits per heavy atom. The van der Waals surface area contributed by atoms with Gasteiger partial charge in [-0.2, -0.15) is 0 Å². The van der Waals surface area contributed by atoms with Gasteiger partial charge in [-0.25, -0.2) is 4.98 Å². The van der Waals surface area contributed by atoms with Gasteiger partial charge in [-0.1, -0.05) is 25.8 Å². The van der Waals surface area contributed by atoms with Crippen LogP contribution in [0.5, 0.6) is 0 Å². The van der Waals surface area contributed by atoms with E-state index in [1.807, 2.05) is 12.1 Å². The predicted molar refractivity (Wildman–Crippen MR) is 75.1 cm³/mol. The standard InChI is InChI=1S/C14H22N4/c1-10-6-3-4-8-12(10)18(2)13-9-5-7-11(17-13)14(15)16/h5,7,9-10,12H,3-4,6,8H2,1-2H3,(H3,15,16). The quantitative estimate of drug-likeness (QED) is 0.635. The lowest BCUT2D eigenvalue weighted by Gasteiger charge is -2.37. The average Bonchev–Trinajstić information content (AvgIpc) is 2.38. The van der Waals surface area contributed by atoms with E-state index in [0.717, 1.165) is 5.82 Å². The maximum Gasteiger partial charge on any atom is 0.141 e. The van der Waals surface area contributed by atoms with E-state index in [2.05, 4.69) is 23.9 Å². The Labute approximate surface area is 109 Å². The Hall–Kier alpha value is -1.58. The Bertz CT molecular complexity index is 430. The summed E-state index contributed by atoms with van der Waals surface area (Å²) in [7, 11) is 2.10. The van der Waals surface area contributed by atoms with E-state index in [9.17, 15) is 0 Å². The number of hydrogen-bond acceptors (Lipinski definition) is 3. The third-order valence-electron chi connectivity index (χ3n) is 3.94. The minimum atomic E-state index is 0.0296. The van der Waals surface area contributed by atoms with Crippen LogP contribution in [-0.2, 0) is 0 Å². The summed E-state index contributed by atoms with van der Waals surface area (Å²) in [4.78, 5) is 6.70. The summed E-state index contributed by atoms with van der Waals surface area (Å²) >= 11 is 0. The fourth-order valence-corrected chi connectivity index (χ4v) is 2.81. The summed E-state index contributed by atoms with van der Waals surface area (Å²) in [5, 5.41) is 7.45. The van der Waals surface area contributed by atoms with Gasteiger partial charge in [-0.15, -0.1) is 0 Å². The number of nitrogen functional groups attached to an aromatic ring is 1. The number of aromatic nitrogens is 1. The van der Waals surface area contributed by atoms with Gasteiger partial charge in [0.15, 0.2) is 0 Å². The van der Waals surface area contributed by atoms with Crippen LogP contribution >= 0.6 is 0 Å². The van der Waals surface area contributed by atoms with Crippen molar-refractivity contribution in [2.24, 2.45) is 11.7 Å². The number of pyridine rings is 1. The van der Waals surface area contributed by atoms with E-state index >= 15 is 0 Å². The molecule has 0 aliphatic heterocycles. The normalized spacial score (nSPS) is 23.7. The van der Waals surface area contributed by atoms with Crippen molar-refractivity contribution < 1.29 is 0 Å². The van der Waals surface area contributed by atoms with E-state index < -0.39 is 0 Å². The topological polar surface area (TPSA) is 66.0 Å². The van der Waals surface area contributed by atoms with Crippen LogP contribution in [-0.4, -0.2) is 23.9 Å². The molecule has 0 aromatic carbocycles. The van der Waals surface area contributed by atoms with Crippen LogP contribution in [0.15, 0.2) is 18.2 Å². The van der Waals surface area contributed by atoms with Crippen LogP contribution in [0.1, 0.15) is 38.3 Å². The summed E-state index contributed by atoms with van der Waals surface area (Å²) in [6.45, 7) is 2.31. The maximum absolute atomic E-state index is 7.45. The molecule has 2 atom stereocenters. The van der Waals surface area contributed by atoms with Gasteiger partial charge >= 0.3 is 0 Å². The van der Waals surface area contributed by atoms with E-state index in [4.69, 9.17) is 11.1 Å². The van der Waals surface area contributed by atoms with Crippen molar-refractivity contribution in [3.05, 3.63) is 23.9 Å². The molecule has 3 N–H and O–H groups in total. The lowest BCUT2D eigenvalue weighted by molar-refractivity contribution is 0.320. The van der Waals surface area contributed by atoms with Crippen molar-refractivity contribution in [2.75, 3.05) is 11.9 Å². The number of hydrogen-bond donors (Lipinski definition) is 2. The van der Waals surface area contributed by atoms with Crippen molar-refractivity contribution >= 4 is 11.7 Å². The molecule has 0 saturated heterocycles. The molecule has 1 saturated carbocycles. The molecule has 0 amide bonds. The second-order valence-electron chi connectivity index (χ2n) is 5.23.